The van der Waals surface area contributed by atoms with E-state index in [9.17, 15) is 0 Å². The average Bonchev–Trinajstić information content (AvgIpc) is 3.90. The zero-order valence-corrected chi connectivity index (χ0v) is 42.0. The van der Waals surface area contributed by atoms with Crippen LogP contribution in [0.4, 0.5) is 11.4 Å². The minimum atomic E-state index is -0.237. The van der Waals surface area contributed by atoms with Crippen LogP contribution in [0.15, 0.2) is 170 Å². The maximum absolute atomic E-state index is 7.07. The van der Waals surface area contributed by atoms with E-state index in [0.29, 0.717) is 6.67 Å². The van der Waals surface area contributed by atoms with E-state index < -0.39 is 0 Å². The molecule has 67 heavy (non-hydrogen) atoms. The van der Waals surface area contributed by atoms with Gasteiger partial charge in [0.2, 0.25) is 0 Å². The fourth-order valence-corrected chi connectivity index (χ4v) is 9.65. The number of ether oxygens (including phenoxy) is 1. The highest BCUT2D eigenvalue weighted by Gasteiger charge is 2.33. The van der Waals surface area contributed by atoms with Gasteiger partial charge < -0.3 is 14.5 Å². The molecule has 9 rings (SSSR count). The smallest absolute Gasteiger partial charge is 0.137 e. The van der Waals surface area contributed by atoms with Gasteiger partial charge in [0.05, 0.1) is 17.7 Å². The monoisotopic (exact) mass is 885 g/mol. The third kappa shape index (κ3) is 8.77. The molecule has 0 saturated carbocycles. The zero-order valence-electron chi connectivity index (χ0n) is 42.0. The maximum atomic E-state index is 7.07. The number of hydrogen-bond acceptors (Lipinski definition) is 4. The number of fused-ring (bicyclic) bond motifs is 3. The first kappa shape index (κ1) is 45.6. The maximum Gasteiger partial charge on any atom is 0.137 e. The number of pyridine rings is 1. The molecule has 0 atom stereocenters. The van der Waals surface area contributed by atoms with E-state index in [-0.39, 0.29) is 27.1 Å². The highest BCUT2D eigenvalue weighted by atomic mass is 16.5. The zero-order chi connectivity index (χ0) is 47.7. The Kier molecular flexibility index (Phi) is 11.3. The first-order valence-corrected chi connectivity index (χ1v) is 24.0. The van der Waals surface area contributed by atoms with Crippen LogP contribution in [0.25, 0.3) is 27.6 Å². The molecule has 342 valence electrons. The lowest BCUT2D eigenvalue weighted by atomic mass is 9.78. The first-order chi connectivity index (χ1) is 31.6. The summed E-state index contributed by atoms with van der Waals surface area (Å²) in [4.78, 5) is 9.96. The van der Waals surface area contributed by atoms with Crippen molar-refractivity contribution in [1.29, 1.82) is 0 Å². The predicted octanol–water partition coefficient (Wildman–Crippen LogP) is 16.4. The van der Waals surface area contributed by atoms with Crippen molar-refractivity contribution >= 4 is 33.2 Å². The second-order valence-corrected chi connectivity index (χ2v) is 22.8. The Bertz CT molecular complexity index is 3130. The standard InChI is InChI=1S/C62H68N4O/c1-58(2,3)44-25-20-26-48(33-44)64-40-56(60(7,8)9)65(41-64)49-34-47(59(4,5)6)35-51(38-49)67-50-28-29-52-53-36-45(61(10,11)42-21-16-14-17-22-42)27-30-54(53)66(55(52)39-50)57-37-46(31-32-63-57)62(12,13)43-23-18-15-19-24-43/h14-40H,41H2,1-13H3. The highest BCUT2D eigenvalue weighted by molar-refractivity contribution is 6.10. The SMILES string of the molecule is CC(C)(C)C1=CN(c2cccc(C(C)(C)C)c2)CN1c1cc(Oc2ccc3c4cc(C(C)(C)c5ccccc5)ccc4n(-c4cc(C(C)(C)c5ccccc5)ccn4)c3c2)cc(C(C)(C)C)c1. The normalized spacial score (nSPS) is 14.0. The van der Waals surface area contributed by atoms with E-state index in [1.807, 2.05) is 6.20 Å². The van der Waals surface area contributed by atoms with Gasteiger partial charge in [-0.3, -0.25) is 4.57 Å². The lowest BCUT2D eigenvalue weighted by Gasteiger charge is -2.32. The van der Waals surface area contributed by atoms with Crippen LogP contribution in [0, 0.1) is 5.41 Å². The van der Waals surface area contributed by atoms with E-state index in [1.54, 1.807) is 0 Å². The fraction of sp³-hybridized carbons (Fsp3) is 0.306. The van der Waals surface area contributed by atoms with Crippen molar-refractivity contribution in [2.24, 2.45) is 5.41 Å². The summed E-state index contributed by atoms with van der Waals surface area (Å²) in [6.07, 6.45) is 4.30. The number of nitrogens with zero attached hydrogens (tertiary/aromatic N) is 4. The fourth-order valence-electron chi connectivity index (χ4n) is 9.65. The Hall–Kier alpha value is -6.59. The largest absolute Gasteiger partial charge is 0.457 e. The number of hydrogen-bond donors (Lipinski definition) is 0. The Morgan fingerprint density at radius 1 is 0.433 bits per heavy atom. The Morgan fingerprint density at radius 2 is 1.04 bits per heavy atom. The summed E-state index contributed by atoms with van der Waals surface area (Å²) >= 11 is 0. The molecule has 0 bridgehead atoms. The molecule has 6 aromatic carbocycles. The minimum absolute atomic E-state index is 0.0543. The Balaban J connectivity index is 1.16. The van der Waals surface area contributed by atoms with Gasteiger partial charge in [-0.25, -0.2) is 4.98 Å². The van der Waals surface area contributed by atoms with E-state index in [2.05, 4.69) is 262 Å². The summed E-state index contributed by atoms with van der Waals surface area (Å²) in [7, 11) is 0. The van der Waals surface area contributed by atoms with Gasteiger partial charge in [0.1, 0.15) is 17.3 Å². The van der Waals surface area contributed by atoms with Crippen LogP contribution in [-0.4, -0.2) is 16.2 Å². The quantitative estimate of drug-likeness (QED) is 0.145. The summed E-state index contributed by atoms with van der Waals surface area (Å²) in [6.45, 7) is 30.5. The van der Waals surface area contributed by atoms with Crippen LogP contribution >= 0.6 is 0 Å². The van der Waals surface area contributed by atoms with Crippen LogP contribution in [0.2, 0.25) is 0 Å². The third-order valence-electron chi connectivity index (χ3n) is 14.1. The van der Waals surface area contributed by atoms with E-state index in [1.165, 1.54) is 50.2 Å². The van der Waals surface area contributed by atoms with Gasteiger partial charge in [-0.2, -0.15) is 0 Å². The number of rotatable bonds is 9. The predicted molar refractivity (Wildman–Crippen MR) is 283 cm³/mol. The van der Waals surface area contributed by atoms with Crippen LogP contribution in [-0.2, 0) is 21.7 Å². The molecule has 8 aromatic rings. The van der Waals surface area contributed by atoms with Crippen LogP contribution in [0.5, 0.6) is 11.5 Å². The van der Waals surface area contributed by atoms with Crippen LogP contribution in [0.3, 0.4) is 0 Å². The van der Waals surface area contributed by atoms with Gasteiger partial charge in [0, 0.05) is 68.6 Å². The second kappa shape index (κ2) is 16.6. The number of anilines is 2. The van der Waals surface area contributed by atoms with Crippen molar-refractivity contribution < 1.29 is 4.74 Å². The molecular weight excluding hydrogens is 817 g/mol. The molecule has 0 unspecified atom stereocenters. The Morgan fingerprint density at radius 3 is 1.67 bits per heavy atom. The van der Waals surface area contributed by atoms with Crippen molar-refractivity contribution in [2.45, 2.75) is 112 Å². The van der Waals surface area contributed by atoms with Gasteiger partial charge in [0.15, 0.2) is 0 Å². The van der Waals surface area contributed by atoms with E-state index in [4.69, 9.17) is 9.72 Å². The molecule has 0 aliphatic carbocycles. The molecule has 2 aromatic heterocycles. The lowest BCUT2D eigenvalue weighted by Crippen LogP contribution is -2.31. The van der Waals surface area contributed by atoms with Crippen molar-refractivity contribution in [3.8, 4) is 17.3 Å². The molecular formula is C62H68N4O. The molecule has 5 heteroatoms. The van der Waals surface area contributed by atoms with Crippen LogP contribution < -0.4 is 14.5 Å². The third-order valence-corrected chi connectivity index (χ3v) is 14.1. The molecule has 0 spiro atoms. The van der Waals surface area contributed by atoms with Crippen molar-refractivity contribution in [3.63, 3.8) is 0 Å². The van der Waals surface area contributed by atoms with Gasteiger partial charge in [0.25, 0.3) is 0 Å². The lowest BCUT2D eigenvalue weighted by molar-refractivity contribution is 0.477. The molecule has 5 nitrogen and oxygen atoms in total. The van der Waals surface area contributed by atoms with Gasteiger partial charge >= 0.3 is 0 Å². The second-order valence-electron chi connectivity index (χ2n) is 22.8. The van der Waals surface area contributed by atoms with E-state index >= 15 is 0 Å². The number of allylic oxidation sites excluding steroid dienone is 1. The highest BCUT2D eigenvalue weighted by Crippen LogP contribution is 2.44. The van der Waals surface area contributed by atoms with Gasteiger partial charge in [-0.15, -0.1) is 0 Å². The molecule has 1 aliphatic rings. The summed E-state index contributed by atoms with van der Waals surface area (Å²) in [6, 6.07) is 55.3. The minimum Gasteiger partial charge on any atom is -0.457 e. The Labute approximate surface area is 399 Å². The summed E-state index contributed by atoms with van der Waals surface area (Å²) < 4.78 is 9.40. The summed E-state index contributed by atoms with van der Waals surface area (Å²) in [5.41, 5.74) is 12.7. The molecule has 0 saturated heterocycles. The van der Waals surface area contributed by atoms with Crippen molar-refractivity contribution in [1.82, 2.24) is 9.55 Å². The molecule has 0 radical (unpaired) electrons. The first-order valence-electron chi connectivity index (χ1n) is 24.0. The molecule has 0 N–H and O–H groups in total. The summed E-state index contributed by atoms with van der Waals surface area (Å²) in [5, 5.41) is 2.34. The molecule has 0 fully saturated rings. The average molecular weight is 885 g/mol. The molecule has 3 heterocycles. The van der Waals surface area contributed by atoms with E-state index in [0.717, 1.165) is 39.4 Å². The van der Waals surface area contributed by atoms with Gasteiger partial charge in [-0.1, -0.05) is 169 Å². The number of benzene rings is 6. The topological polar surface area (TPSA) is 33.5 Å². The summed E-state index contributed by atoms with van der Waals surface area (Å²) in [5.74, 6) is 2.45. The van der Waals surface area contributed by atoms with Gasteiger partial charge in [-0.05, 0) is 105 Å². The number of aromatic nitrogens is 2. The van der Waals surface area contributed by atoms with Crippen molar-refractivity contribution in [2.75, 3.05) is 16.5 Å². The van der Waals surface area contributed by atoms with Crippen LogP contribution in [0.1, 0.15) is 123 Å². The van der Waals surface area contributed by atoms with Crippen molar-refractivity contribution in [3.05, 3.63) is 203 Å². The molecule has 1 aliphatic heterocycles. The molecule has 0 amide bonds.